The fraction of sp³-hybridized carbons (Fsp3) is 0.632. The van der Waals surface area contributed by atoms with Crippen molar-refractivity contribution < 1.29 is 8.42 Å². The van der Waals surface area contributed by atoms with Crippen molar-refractivity contribution >= 4 is 20.9 Å². The zero-order valence-electron chi connectivity index (χ0n) is 14.8. The van der Waals surface area contributed by atoms with E-state index in [9.17, 15) is 8.42 Å². The number of benzene rings is 1. The maximum Gasteiger partial charge on any atom is 0.254 e. The Labute approximate surface area is 146 Å². The van der Waals surface area contributed by atoms with Crippen LogP contribution < -0.4 is 0 Å². The smallest absolute Gasteiger partial charge is 0.205 e. The van der Waals surface area contributed by atoms with Gasteiger partial charge in [-0.15, -0.1) is 0 Å². The van der Waals surface area contributed by atoms with Crippen LogP contribution in [-0.4, -0.2) is 23.4 Å². The molecule has 0 atom stereocenters. The molecule has 0 saturated heterocycles. The lowest BCUT2D eigenvalue weighted by molar-refractivity contribution is 0.555. The molecule has 0 spiro atoms. The van der Waals surface area contributed by atoms with Gasteiger partial charge in [-0.2, -0.15) is 9.19 Å². The summed E-state index contributed by atoms with van der Waals surface area (Å²) in [6.07, 6.45) is 13.6. The zero-order valence-corrected chi connectivity index (χ0v) is 15.6. The Morgan fingerprint density at radius 1 is 0.875 bits per heavy atom. The van der Waals surface area contributed by atoms with E-state index in [1.807, 2.05) is 18.2 Å². The molecular formula is C19H30N2O2S. The maximum absolute atomic E-state index is 12.4. The first-order valence-corrected chi connectivity index (χ1v) is 10.9. The van der Waals surface area contributed by atoms with Gasteiger partial charge in [-0.1, -0.05) is 82.9 Å². The van der Waals surface area contributed by atoms with Crippen molar-refractivity contribution in [3.63, 3.8) is 0 Å². The van der Waals surface area contributed by atoms with E-state index in [4.69, 9.17) is 0 Å². The van der Waals surface area contributed by atoms with Gasteiger partial charge in [0.25, 0.3) is 10.0 Å². The highest BCUT2D eigenvalue weighted by atomic mass is 32.2. The molecule has 0 aliphatic rings. The van der Waals surface area contributed by atoms with Crippen LogP contribution in [0.2, 0.25) is 0 Å². The van der Waals surface area contributed by atoms with Crippen LogP contribution in [-0.2, 0) is 10.0 Å². The fourth-order valence-corrected chi connectivity index (χ4v) is 4.43. The maximum atomic E-state index is 12.4. The number of fused-ring (bicyclic) bond motifs is 1. The minimum Gasteiger partial charge on any atom is -0.205 e. The Bertz CT molecular complexity index is 707. The van der Waals surface area contributed by atoms with Gasteiger partial charge in [-0.25, -0.2) is 8.42 Å². The second-order valence-electron chi connectivity index (χ2n) is 6.54. The van der Waals surface area contributed by atoms with Crippen molar-refractivity contribution in [2.75, 3.05) is 5.75 Å². The van der Waals surface area contributed by atoms with E-state index in [-0.39, 0.29) is 5.75 Å². The molecule has 0 amide bonds. The molecule has 24 heavy (non-hydrogen) atoms. The highest BCUT2D eigenvalue weighted by Gasteiger charge is 2.16. The number of para-hydroxylation sites is 1. The van der Waals surface area contributed by atoms with Crippen LogP contribution in [0, 0.1) is 0 Å². The minimum atomic E-state index is -3.35. The lowest BCUT2D eigenvalue weighted by Crippen LogP contribution is -2.17. The molecule has 1 heterocycles. The topological polar surface area (TPSA) is 52.0 Å². The summed E-state index contributed by atoms with van der Waals surface area (Å²) < 4.78 is 26.1. The van der Waals surface area contributed by atoms with E-state index in [0.717, 1.165) is 18.2 Å². The van der Waals surface area contributed by atoms with Crippen LogP contribution in [0.25, 0.3) is 10.9 Å². The van der Waals surface area contributed by atoms with Gasteiger partial charge >= 0.3 is 0 Å². The highest BCUT2D eigenvalue weighted by Crippen LogP contribution is 2.16. The van der Waals surface area contributed by atoms with Crippen molar-refractivity contribution in [3.8, 4) is 0 Å². The molecule has 0 saturated carbocycles. The highest BCUT2D eigenvalue weighted by molar-refractivity contribution is 7.89. The van der Waals surface area contributed by atoms with Gasteiger partial charge in [0.05, 0.1) is 17.5 Å². The molecule has 1 aromatic carbocycles. The van der Waals surface area contributed by atoms with Gasteiger partial charge in [-0.05, 0) is 12.5 Å². The van der Waals surface area contributed by atoms with Crippen molar-refractivity contribution in [1.82, 2.24) is 9.19 Å². The first kappa shape index (κ1) is 19.0. The Kier molecular flexibility index (Phi) is 7.76. The zero-order chi connectivity index (χ0) is 17.3. The summed E-state index contributed by atoms with van der Waals surface area (Å²) >= 11 is 0. The third-order valence-electron chi connectivity index (χ3n) is 4.46. The predicted molar refractivity (Wildman–Crippen MR) is 101 cm³/mol. The third kappa shape index (κ3) is 5.62. The molecule has 0 bridgehead atoms. The average Bonchev–Trinajstić information content (AvgIpc) is 3.01. The molecule has 0 aliphatic heterocycles. The summed E-state index contributed by atoms with van der Waals surface area (Å²) in [5.41, 5.74) is 0.671. The summed E-state index contributed by atoms with van der Waals surface area (Å²) in [6, 6.07) is 7.42. The molecule has 4 nitrogen and oxygen atoms in total. The average molecular weight is 351 g/mol. The van der Waals surface area contributed by atoms with Gasteiger partial charge in [0.15, 0.2) is 0 Å². The largest absolute Gasteiger partial charge is 0.254 e. The molecule has 2 rings (SSSR count). The Morgan fingerprint density at radius 3 is 2.12 bits per heavy atom. The van der Waals surface area contributed by atoms with Gasteiger partial charge < -0.3 is 0 Å². The van der Waals surface area contributed by atoms with E-state index in [1.54, 1.807) is 12.3 Å². The summed E-state index contributed by atoms with van der Waals surface area (Å²) in [6.45, 7) is 2.24. The van der Waals surface area contributed by atoms with E-state index in [0.29, 0.717) is 11.9 Å². The van der Waals surface area contributed by atoms with Crippen molar-refractivity contribution in [2.24, 2.45) is 0 Å². The number of aromatic nitrogens is 2. The van der Waals surface area contributed by atoms with E-state index in [2.05, 4.69) is 12.0 Å². The molecule has 134 valence electrons. The lowest BCUT2D eigenvalue weighted by Gasteiger charge is -2.06. The van der Waals surface area contributed by atoms with Gasteiger partial charge in [0, 0.05) is 5.39 Å². The summed E-state index contributed by atoms with van der Waals surface area (Å²) in [5.74, 6) is 0.176. The molecule has 1 aromatic heterocycles. The summed E-state index contributed by atoms with van der Waals surface area (Å²) in [4.78, 5) is 0. The first-order valence-electron chi connectivity index (χ1n) is 9.31. The molecule has 0 N–H and O–H groups in total. The standard InChI is InChI=1S/C19H30N2O2S/c1-2-3-4-5-6-7-8-9-10-13-16-24(22,23)21-19-15-12-11-14-18(19)17-20-21/h11-12,14-15,17H,2-10,13,16H2,1H3. The number of nitrogens with zero attached hydrogens (tertiary/aromatic N) is 2. The minimum absolute atomic E-state index is 0.176. The Morgan fingerprint density at radius 2 is 1.46 bits per heavy atom. The predicted octanol–water partition coefficient (Wildman–Crippen LogP) is 5.14. The molecule has 0 fully saturated rings. The second kappa shape index (κ2) is 9.82. The van der Waals surface area contributed by atoms with Crippen LogP contribution >= 0.6 is 0 Å². The second-order valence-corrected chi connectivity index (χ2v) is 8.46. The quantitative estimate of drug-likeness (QED) is 0.498. The number of rotatable bonds is 12. The Balaban J connectivity index is 1.67. The summed E-state index contributed by atoms with van der Waals surface area (Å²) in [7, 11) is -3.35. The van der Waals surface area contributed by atoms with Crippen LogP contribution in [0.3, 0.4) is 0 Å². The number of hydrogen-bond acceptors (Lipinski definition) is 3. The third-order valence-corrected chi connectivity index (χ3v) is 6.09. The monoisotopic (exact) mass is 350 g/mol. The van der Waals surface area contributed by atoms with Gasteiger partial charge in [0.1, 0.15) is 0 Å². The molecule has 0 aliphatic carbocycles. The fourth-order valence-electron chi connectivity index (χ4n) is 3.03. The molecular weight excluding hydrogens is 320 g/mol. The molecule has 0 radical (unpaired) electrons. The molecule has 5 heteroatoms. The number of unbranched alkanes of at least 4 members (excludes halogenated alkanes) is 9. The SMILES string of the molecule is CCCCCCCCCCCCS(=O)(=O)n1ncc2ccccc21. The Hall–Kier alpha value is -1.36. The van der Waals surface area contributed by atoms with Crippen LogP contribution in [0.5, 0.6) is 0 Å². The van der Waals surface area contributed by atoms with Crippen molar-refractivity contribution in [3.05, 3.63) is 30.5 Å². The van der Waals surface area contributed by atoms with Gasteiger partial charge in [-0.3, -0.25) is 0 Å². The lowest BCUT2D eigenvalue weighted by atomic mass is 10.1. The van der Waals surface area contributed by atoms with Gasteiger partial charge in [0.2, 0.25) is 0 Å². The van der Waals surface area contributed by atoms with Crippen LogP contribution in [0.15, 0.2) is 30.5 Å². The van der Waals surface area contributed by atoms with Crippen molar-refractivity contribution in [2.45, 2.75) is 71.1 Å². The molecule has 2 aromatic rings. The van der Waals surface area contributed by atoms with Crippen molar-refractivity contribution in [1.29, 1.82) is 0 Å². The number of hydrogen-bond donors (Lipinski definition) is 0. The molecule has 0 unspecified atom stereocenters. The summed E-state index contributed by atoms with van der Waals surface area (Å²) in [5, 5.41) is 4.92. The van der Waals surface area contributed by atoms with E-state index in [1.165, 1.54) is 49.0 Å². The van der Waals surface area contributed by atoms with Crippen LogP contribution in [0.4, 0.5) is 0 Å². The first-order chi connectivity index (χ1) is 11.6. The van der Waals surface area contributed by atoms with E-state index >= 15 is 0 Å². The normalized spacial score (nSPS) is 12.0. The van der Waals surface area contributed by atoms with Crippen LogP contribution in [0.1, 0.15) is 71.1 Å². The van der Waals surface area contributed by atoms with E-state index < -0.39 is 10.0 Å².